The second-order valence-corrected chi connectivity index (χ2v) is 7.54. The molecule has 0 amide bonds. The highest BCUT2D eigenvalue weighted by Crippen LogP contribution is 2.40. The summed E-state index contributed by atoms with van der Waals surface area (Å²) in [6, 6.07) is 11.8. The van der Waals surface area contributed by atoms with E-state index in [2.05, 4.69) is 16.0 Å². The number of Topliss-reactive ketones (excluding diaryl/α,β-unsaturated/α-hetero) is 1. The number of nitrogens with zero attached hydrogens (tertiary/aromatic N) is 2. The zero-order chi connectivity index (χ0) is 18.1. The zero-order valence-corrected chi connectivity index (χ0v) is 15.5. The third-order valence-electron chi connectivity index (χ3n) is 5.48. The maximum absolute atomic E-state index is 13.1. The van der Waals surface area contributed by atoms with Gasteiger partial charge >= 0.3 is 0 Å². The molecule has 1 aromatic carbocycles. The van der Waals surface area contributed by atoms with E-state index >= 15 is 0 Å². The molecule has 1 aliphatic carbocycles. The number of aromatic nitrogens is 2. The minimum atomic E-state index is 0.0289. The van der Waals surface area contributed by atoms with E-state index in [-0.39, 0.29) is 11.7 Å². The molecule has 3 aromatic rings. The highest BCUT2D eigenvalue weighted by molar-refractivity contribution is 6.31. The van der Waals surface area contributed by atoms with Crippen LogP contribution in [0.3, 0.4) is 0 Å². The highest BCUT2D eigenvalue weighted by Gasteiger charge is 2.29. The first-order chi connectivity index (χ1) is 12.6. The van der Waals surface area contributed by atoms with E-state index in [0.717, 1.165) is 47.3 Å². The summed E-state index contributed by atoms with van der Waals surface area (Å²) in [4.78, 5) is 21.9. The van der Waals surface area contributed by atoms with Crippen molar-refractivity contribution in [1.82, 2.24) is 9.97 Å². The lowest BCUT2D eigenvalue weighted by Gasteiger charge is -2.29. The molecule has 0 aliphatic heterocycles. The SMILES string of the molecule is Cc1nccc2ncc(C(=O)C3CCCC(c4ccccc4Cl)C3)cc12. The third-order valence-corrected chi connectivity index (χ3v) is 5.83. The number of benzene rings is 1. The van der Waals surface area contributed by atoms with E-state index in [9.17, 15) is 4.79 Å². The lowest BCUT2D eigenvalue weighted by Crippen LogP contribution is -2.22. The summed E-state index contributed by atoms with van der Waals surface area (Å²) in [6.07, 6.45) is 7.39. The van der Waals surface area contributed by atoms with Gasteiger partial charge < -0.3 is 0 Å². The number of halogens is 1. The van der Waals surface area contributed by atoms with Gasteiger partial charge in [-0.05, 0) is 55.9 Å². The molecule has 0 spiro atoms. The summed E-state index contributed by atoms with van der Waals surface area (Å²) in [5, 5.41) is 1.76. The average molecular weight is 365 g/mol. The van der Waals surface area contributed by atoms with Crippen LogP contribution in [0.2, 0.25) is 5.02 Å². The second kappa shape index (κ2) is 7.16. The largest absolute Gasteiger partial charge is 0.294 e. The van der Waals surface area contributed by atoms with Crippen LogP contribution in [-0.2, 0) is 0 Å². The summed E-state index contributed by atoms with van der Waals surface area (Å²) in [5.74, 6) is 0.573. The first kappa shape index (κ1) is 17.2. The molecule has 1 aliphatic rings. The molecular formula is C22H21ClN2O. The van der Waals surface area contributed by atoms with Gasteiger partial charge in [0.05, 0.1) is 5.52 Å². The van der Waals surface area contributed by atoms with Gasteiger partial charge in [-0.1, -0.05) is 36.2 Å². The van der Waals surface area contributed by atoms with E-state index in [4.69, 9.17) is 11.6 Å². The number of hydrogen-bond acceptors (Lipinski definition) is 3. The molecule has 1 fully saturated rings. The maximum Gasteiger partial charge on any atom is 0.167 e. The molecular weight excluding hydrogens is 344 g/mol. The normalized spacial score (nSPS) is 20.2. The Morgan fingerprint density at radius 3 is 2.85 bits per heavy atom. The molecule has 2 aromatic heterocycles. The Balaban J connectivity index is 1.60. The molecule has 2 unspecified atom stereocenters. The van der Waals surface area contributed by atoms with Crippen molar-refractivity contribution in [1.29, 1.82) is 0 Å². The van der Waals surface area contributed by atoms with Crippen LogP contribution < -0.4 is 0 Å². The standard InChI is InChI=1S/C22H21ClN2O/c1-14-19-12-17(13-25-21(19)9-10-24-14)22(26)16-6-4-5-15(11-16)18-7-2-3-8-20(18)23/h2-3,7-10,12-13,15-16H,4-6,11H2,1H3. The number of ketones is 1. The van der Waals surface area contributed by atoms with Crippen molar-refractivity contribution < 1.29 is 4.79 Å². The van der Waals surface area contributed by atoms with Crippen molar-refractivity contribution >= 4 is 28.3 Å². The van der Waals surface area contributed by atoms with Gasteiger partial charge in [0.25, 0.3) is 0 Å². The fourth-order valence-corrected chi connectivity index (χ4v) is 4.36. The molecule has 2 heterocycles. The Kier molecular flexibility index (Phi) is 4.73. The predicted molar refractivity (Wildman–Crippen MR) is 105 cm³/mol. The summed E-state index contributed by atoms with van der Waals surface area (Å²) in [5.41, 5.74) is 3.65. The van der Waals surface area contributed by atoms with Crippen LogP contribution in [0, 0.1) is 12.8 Å². The fourth-order valence-electron chi connectivity index (χ4n) is 4.07. The summed E-state index contributed by atoms with van der Waals surface area (Å²) in [6.45, 7) is 1.95. The minimum absolute atomic E-state index is 0.0289. The maximum atomic E-state index is 13.1. The molecule has 2 atom stereocenters. The molecule has 0 saturated heterocycles. The van der Waals surface area contributed by atoms with E-state index in [0.29, 0.717) is 11.5 Å². The van der Waals surface area contributed by atoms with Crippen LogP contribution >= 0.6 is 11.6 Å². The quantitative estimate of drug-likeness (QED) is 0.556. The van der Waals surface area contributed by atoms with E-state index in [1.54, 1.807) is 12.4 Å². The lowest BCUT2D eigenvalue weighted by atomic mass is 9.75. The molecule has 0 radical (unpaired) electrons. The van der Waals surface area contributed by atoms with Crippen LogP contribution in [0.5, 0.6) is 0 Å². The Morgan fingerprint density at radius 2 is 2.00 bits per heavy atom. The van der Waals surface area contributed by atoms with Crippen LogP contribution in [0.15, 0.2) is 48.8 Å². The van der Waals surface area contributed by atoms with E-state index in [1.165, 1.54) is 5.56 Å². The molecule has 26 heavy (non-hydrogen) atoms. The molecule has 132 valence electrons. The second-order valence-electron chi connectivity index (χ2n) is 7.13. The van der Waals surface area contributed by atoms with Crippen molar-refractivity contribution in [3.05, 3.63) is 70.6 Å². The molecule has 4 rings (SSSR count). The Hall–Kier alpha value is -2.26. The Morgan fingerprint density at radius 1 is 1.15 bits per heavy atom. The average Bonchev–Trinajstić information content (AvgIpc) is 2.68. The van der Waals surface area contributed by atoms with Gasteiger partial charge in [-0.25, -0.2) is 0 Å². The number of fused-ring (bicyclic) bond motifs is 1. The number of aryl methyl sites for hydroxylation is 1. The minimum Gasteiger partial charge on any atom is -0.294 e. The Bertz CT molecular complexity index is 969. The van der Waals surface area contributed by atoms with Crippen LogP contribution in [0.4, 0.5) is 0 Å². The van der Waals surface area contributed by atoms with Gasteiger partial charge in [0, 0.05) is 40.0 Å². The summed E-state index contributed by atoms with van der Waals surface area (Å²) in [7, 11) is 0. The monoisotopic (exact) mass is 364 g/mol. The molecule has 0 bridgehead atoms. The van der Waals surface area contributed by atoms with Gasteiger partial charge in [0.2, 0.25) is 0 Å². The number of hydrogen-bond donors (Lipinski definition) is 0. The fraction of sp³-hybridized carbons (Fsp3) is 0.318. The third kappa shape index (κ3) is 3.24. The summed E-state index contributed by atoms with van der Waals surface area (Å²) < 4.78 is 0. The van der Waals surface area contributed by atoms with Crippen molar-refractivity contribution in [2.45, 2.75) is 38.5 Å². The van der Waals surface area contributed by atoms with Crippen LogP contribution in [0.25, 0.3) is 10.9 Å². The molecule has 0 N–H and O–H groups in total. The zero-order valence-electron chi connectivity index (χ0n) is 14.8. The number of pyridine rings is 2. The van der Waals surface area contributed by atoms with Gasteiger partial charge in [0.1, 0.15) is 0 Å². The number of carbonyl (C=O) groups is 1. The Labute approximate surface area is 158 Å². The van der Waals surface area contributed by atoms with E-state index < -0.39 is 0 Å². The van der Waals surface area contributed by atoms with Gasteiger partial charge in [0.15, 0.2) is 5.78 Å². The molecule has 3 nitrogen and oxygen atoms in total. The smallest absolute Gasteiger partial charge is 0.167 e. The lowest BCUT2D eigenvalue weighted by molar-refractivity contribution is 0.0880. The van der Waals surface area contributed by atoms with Crippen LogP contribution in [0.1, 0.15) is 53.2 Å². The number of carbonyl (C=O) groups excluding carboxylic acids is 1. The first-order valence-corrected chi connectivity index (χ1v) is 9.51. The number of rotatable bonds is 3. The van der Waals surface area contributed by atoms with Crippen molar-refractivity contribution in [3.63, 3.8) is 0 Å². The van der Waals surface area contributed by atoms with Crippen LogP contribution in [-0.4, -0.2) is 15.8 Å². The summed E-state index contributed by atoms with van der Waals surface area (Å²) >= 11 is 6.38. The van der Waals surface area contributed by atoms with Crippen molar-refractivity contribution in [3.8, 4) is 0 Å². The van der Waals surface area contributed by atoms with Crippen molar-refractivity contribution in [2.24, 2.45) is 5.92 Å². The molecule has 1 saturated carbocycles. The topological polar surface area (TPSA) is 42.9 Å². The predicted octanol–water partition coefficient (Wildman–Crippen LogP) is 5.75. The van der Waals surface area contributed by atoms with Gasteiger partial charge in [-0.2, -0.15) is 0 Å². The highest BCUT2D eigenvalue weighted by atomic mass is 35.5. The van der Waals surface area contributed by atoms with E-state index in [1.807, 2.05) is 37.3 Å². The first-order valence-electron chi connectivity index (χ1n) is 9.13. The van der Waals surface area contributed by atoms with Gasteiger partial charge in [-0.15, -0.1) is 0 Å². The van der Waals surface area contributed by atoms with Gasteiger partial charge in [-0.3, -0.25) is 14.8 Å². The van der Waals surface area contributed by atoms with Crippen molar-refractivity contribution in [2.75, 3.05) is 0 Å². The molecule has 4 heteroatoms.